The minimum absolute atomic E-state index is 0.308. The number of aliphatic imine (C=N–C) groups is 1. The van der Waals surface area contributed by atoms with E-state index in [2.05, 4.69) is 22.0 Å². The summed E-state index contributed by atoms with van der Waals surface area (Å²) in [6.45, 7) is 3.36. The molecule has 0 radical (unpaired) electrons. The predicted molar refractivity (Wildman–Crippen MR) is 92.0 cm³/mol. The monoisotopic (exact) mass is 310 g/mol. The second kappa shape index (κ2) is 7.23. The van der Waals surface area contributed by atoms with Gasteiger partial charge in [0.05, 0.1) is 6.54 Å². The number of rotatable bonds is 4. The predicted octanol–water partition coefficient (Wildman–Crippen LogP) is 2.19. The van der Waals surface area contributed by atoms with Crippen LogP contribution in [0.1, 0.15) is 51.4 Å². The number of nitrogens with one attached hydrogen (secondary N) is 1. The summed E-state index contributed by atoms with van der Waals surface area (Å²) in [6, 6.07) is 0.569. The van der Waals surface area contributed by atoms with Crippen molar-refractivity contribution in [2.24, 2.45) is 10.7 Å². The van der Waals surface area contributed by atoms with Gasteiger partial charge in [-0.1, -0.05) is 25.7 Å². The Morgan fingerprint density at radius 1 is 1.14 bits per heavy atom. The summed E-state index contributed by atoms with van der Waals surface area (Å²) in [5.41, 5.74) is 6.44. The van der Waals surface area contributed by atoms with E-state index in [0.29, 0.717) is 17.5 Å². The van der Waals surface area contributed by atoms with Crippen molar-refractivity contribution in [3.63, 3.8) is 0 Å². The summed E-state index contributed by atoms with van der Waals surface area (Å²) in [4.78, 5) is 7.46. The molecule has 3 rings (SSSR count). The summed E-state index contributed by atoms with van der Waals surface area (Å²) in [6.07, 6.45) is 10.5. The van der Waals surface area contributed by atoms with E-state index in [1.165, 1.54) is 76.0 Å². The van der Waals surface area contributed by atoms with Crippen molar-refractivity contribution in [2.45, 2.75) is 62.9 Å². The Balaban J connectivity index is 1.58. The fourth-order valence-electron chi connectivity index (χ4n) is 4.20. The molecule has 21 heavy (non-hydrogen) atoms. The van der Waals surface area contributed by atoms with E-state index in [1.807, 2.05) is 0 Å². The smallest absolute Gasteiger partial charge is 0.188 e. The standard InChI is InChI=1S/C16H30N4S/c17-15(19-14-5-1-2-6-14)18-13-16(7-3-4-8-16)20-9-11-21-12-10-20/h14H,1-13H2,(H3,17,18,19). The molecule has 1 heterocycles. The molecule has 0 aromatic rings. The van der Waals surface area contributed by atoms with E-state index in [9.17, 15) is 0 Å². The average molecular weight is 311 g/mol. The lowest BCUT2D eigenvalue weighted by molar-refractivity contribution is 0.112. The van der Waals surface area contributed by atoms with Gasteiger partial charge in [-0.15, -0.1) is 0 Å². The molecule has 1 saturated heterocycles. The molecule has 0 aromatic carbocycles. The first-order chi connectivity index (χ1) is 10.3. The van der Waals surface area contributed by atoms with E-state index in [0.717, 1.165) is 6.54 Å². The van der Waals surface area contributed by atoms with Crippen LogP contribution in [0.15, 0.2) is 4.99 Å². The zero-order valence-electron chi connectivity index (χ0n) is 13.1. The second-order valence-corrected chi connectivity index (χ2v) is 8.08. The minimum Gasteiger partial charge on any atom is -0.370 e. The van der Waals surface area contributed by atoms with E-state index in [-0.39, 0.29) is 0 Å². The van der Waals surface area contributed by atoms with E-state index in [4.69, 9.17) is 10.7 Å². The van der Waals surface area contributed by atoms with Gasteiger partial charge in [-0.2, -0.15) is 11.8 Å². The Morgan fingerprint density at radius 2 is 1.81 bits per heavy atom. The van der Waals surface area contributed by atoms with Crippen LogP contribution in [0, 0.1) is 0 Å². The van der Waals surface area contributed by atoms with Crippen LogP contribution in [0.25, 0.3) is 0 Å². The van der Waals surface area contributed by atoms with Gasteiger partial charge in [0.15, 0.2) is 5.96 Å². The third-order valence-corrected chi connectivity index (χ3v) is 6.41. The number of nitrogens with zero attached hydrogens (tertiary/aromatic N) is 2. The molecule has 0 aromatic heterocycles. The quantitative estimate of drug-likeness (QED) is 0.617. The molecule has 0 amide bonds. The molecule has 5 heteroatoms. The van der Waals surface area contributed by atoms with Gasteiger partial charge in [0.1, 0.15) is 0 Å². The lowest BCUT2D eigenvalue weighted by Crippen LogP contribution is -2.53. The Kier molecular flexibility index (Phi) is 5.33. The molecular formula is C16H30N4S. The molecule has 3 aliphatic rings. The van der Waals surface area contributed by atoms with Crippen LogP contribution < -0.4 is 11.1 Å². The summed E-state index contributed by atoms with van der Waals surface area (Å²) in [5.74, 6) is 3.24. The summed E-state index contributed by atoms with van der Waals surface area (Å²) >= 11 is 2.09. The Hall–Kier alpha value is -0.420. The SMILES string of the molecule is NC(=NCC1(N2CCSCC2)CCCC1)NC1CCCC1. The fourth-order valence-corrected chi connectivity index (χ4v) is 5.11. The van der Waals surface area contributed by atoms with Crippen molar-refractivity contribution >= 4 is 17.7 Å². The van der Waals surface area contributed by atoms with Crippen molar-refractivity contribution < 1.29 is 0 Å². The van der Waals surface area contributed by atoms with Gasteiger partial charge in [0.2, 0.25) is 0 Å². The third-order valence-electron chi connectivity index (χ3n) is 5.47. The Morgan fingerprint density at radius 3 is 2.48 bits per heavy atom. The summed E-state index contributed by atoms with van der Waals surface area (Å²) in [7, 11) is 0. The van der Waals surface area contributed by atoms with Crippen molar-refractivity contribution in [1.29, 1.82) is 0 Å². The zero-order valence-corrected chi connectivity index (χ0v) is 14.0. The molecule has 4 nitrogen and oxygen atoms in total. The zero-order chi connectivity index (χ0) is 14.5. The average Bonchev–Trinajstić information content (AvgIpc) is 3.18. The number of hydrogen-bond acceptors (Lipinski definition) is 3. The van der Waals surface area contributed by atoms with Crippen LogP contribution in [0.3, 0.4) is 0 Å². The largest absolute Gasteiger partial charge is 0.370 e. The lowest BCUT2D eigenvalue weighted by atomic mass is 9.95. The molecule has 0 spiro atoms. The summed E-state index contributed by atoms with van der Waals surface area (Å²) < 4.78 is 0. The Labute approximate surface area is 133 Å². The first-order valence-corrected chi connectivity index (χ1v) is 9.83. The molecule has 3 N–H and O–H groups in total. The number of thioether (sulfide) groups is 1. The maximum atomic E-state index is 6.14. The number of hydrogen-bond donors (Lipinski definition) is 2. The second-order valence-electron chi connectivity index (χ2n) is 6.86. The normalized spacial score (nSPS) is 28.1. The van der Waals surface area contributed by atoms with Crippen LogP contribution in [0.2, 0.25) is 0 Å². The number of nitrogens with two attached hydrogens (primary N) is 1. The highest BCUT2D eigenvalue weighted by molar-refractivity contribution is 7.99. The lowest BCUT2D eigenvalue weighted by Gasteiger charge is -2.42. The van der Waals surface area contributed by atoms with Gasteiger partial charge in [0.25, 0.3) is 0 Å². The molecular weight excluding hydrogens is 280 g/mol. The molecule has 120 valence electrons. The van der Waals surface area contributed by atoms with Gasteiger partial charge in [-0.3, -0.25) is 9.89 Å². The fraction of sp³-hybridized carbons (Fsp3) is 0.938. The van der Waals surface area contributed by atoms with Crippen molar-refractivity contribution in [3.8, 4) is 0 Å². The topological polar surface area (TPSA) is 53.6 Å². The highest BCUT2D eigenvalue weighted by Gasteiger charge is 2.39. The van der Waals surface area contributed by atoms with Gasteiger partial charge in [0, 0.05) is 36.2 Å². The van der Waals surface area contributed by atoms with Crippen LogP contribution in [0.4, 0.5) is 0 Å². The maximum absolute atomic E-state index is 6.14. The van der Waals surface area contributed by atoms with Crippen LogP contribution in [0.5, 0.6) is 0 Å². The van der Waals surface area contributed by atoms with Crippen LogP contribution >= 0.6 is 11.8 Å². The minimum atomic E-state index is 0.308. The highest BCUT2D eigenvalue weighted by atomic mass is 32.2. The van der Waals surface area contributed by atoms with Gasteiger partial charge < -0.3 is 11.1 Å². The third kappa shape index (κ3) is 3.86. The van der Waals surface area contributed by atoms with Gasteiger partial charge in [-0.25, -0.2) is 0 Å². The molecule has 1 aliphatic heterocycles. The van der Waals surface area contributed by atoms with Crippen molar-refractivity contribution in [3.05, 3.63) is 0 Å². The first kappa shape index (κ1) is 15.5. The molecule has 2 aliphatic carbocycles. The molecule has 0 atom stereocenters. The maximum Gasteiger partial charge on any atom is 0.188 e. The molecule has 0 unspecified atom stereocenters. The Bertz CT molecular complexity index is 353. The van der Waals surface area contributed by atoms with Crippen molar-refractivity contribution in [1.82, 2.24) is 10.2 Å². The number of guanidine groups is 1. The summed E-state index contributed by atoms with van der Waals surface area (Å²) in [5, 5.41) is 3.43. The van der Waals surface area contributed by atoms with Crippen LogP contribution in [-0.2, 0) is 0 Å². The van der Waals surface area contributed by atoms with Gasteiger partial charge >= 0.3 is 0 Å². The van der Waals surface area contributed by atoms with Gasteiger partial charge in [-0.05, 0) is 25.7 Å². The van der Waals surface area contributed by atoms with Crippen molar-refractivity contribution in [2.75, 3.05) is 31.1 Å². The molecule has 0 bridgehead atoms. The van der Waals surface area contributed by atoms with E-state index >= 15 is 0 Å². The highest BCUT2D eigenvalue weighted by Crippen LogP contribution is 2.37. The van der Waals surface area contributed by atoms with E-state index < -0.39 is 0 Å². The molecule has 3 fully saturated rings. The molecule has 2 saturated carbocycles. The van der Waals surface area contributed by atoms with E-state index in [1.54, 1.807) is 0 Å². The van der Waals surface area contributed by atoms with Crippen LogP contribution in [-0.4, -0.2) is 53.6 Å². The first-order valence-electron chi connectivity index (χ1n) is 8.68.